The molecule has 128 valence electrons. The molecule has 1 heterocycles. The van der Waals surface area contributed by atoms with Crippen LogP contribution in [0.15, 0.2) is 18.2 Å². The van der Waals surface area contributed by atoms with Crippen LogP contribution in [0.5, 0.6) is 0 Å². The van der Waals surface area contributed by atoms with E-state index in [2.05, 4.69) is 5.32 Å². The molecule has 0 bridgehead atoms. The lowest BCUT2D eigenvalue weighted by atomic mass is 10.1. The first-order valence-electron chi connectivity index (χ1n) is 7.26. The third-order valence-corrected chi connectivity index (χ3v) is 3.98. The monoisotopic (exact) mass is 363 g/mol. The quantitative estimate of drug-likeness (QED) is 0.842. The van der Waals surface area contributed by atoms with Gasteiger partial charge in [-0.1, -0.05) is 24.9 Å². The van der Waals surface area contributed by atoms with Gasteiger partial charge in [0.2, 0.25) is 11.8 Å². The summed E-state index contributed by atoms with van der Waals surface area (Å²) in [7, 11) is 0. The number of hydrogen-bond donors (Lipinski definition) is 2. The minimum absolute atomic E-state index is 0. The van der Waals surface area contributed by atoms with Gasteiger partial charge in [-0.15, -0.1) is 12.4 Å². The van der Waals surface area contributed by atoms with Gasteiger partial charge in [-0.25, -0.2) is 4.39 Å². The smallest absolute Gasteiger partial charge is 0.249 e. The molecule has 2 atom stereocenters. The highest BCUT2D eigenvalue weighted by Crippen LogP contribution is 2.25. The van der Waals surface area contributed by atoms with Crippen molar-refractivity contribution in [2.45, 2.75) is 38.3 Å². The van der Waals surface area contributed by atoms with Crippen molar-refractivity contribution in [1.29, 1.82) is 0 Å². The van der Waals surface area contributed by atoms with Gasteiger partial charge in [0.05, 0.1) is 11.1 Å². The molecule has 2 rings (SSSR count). The van der Waals surface area contributed by atoms with Crippen LogP contribution in [0.2, 0.25) is 5.02 Å². The molecule has 0 aromatic heterocycles. The third kappa shape index (κ3) is 4.56. The lowest BCUT2D eigenvalue weighted by Gasteiger charge is -2.18. The summed E-state index contributed by atoms with van der Waals surface area (Å²) < 4.78 is 13.5. The fraction of sp³-hybridized carbons (Fsp3) is 0.467. The Hall–Kier alpha value is -1.37. The number of benzene rings is 1. The highest BCUT2D eigenvalue weighted by molar-refractivity contribution is 6.30. The van der Waals surface area contributed by atoms with E-state index >= 15 is 0 Å². The second kappa shape index (κ2) is 8.47. The van der Waals surface area contributed by atoms with Crippen molar-refractivity contribution in [3.8, 4) is 0 Å². The second-order valence-corrected chi connectivity index (χ2v) is 5.74. The molecule has 23 heavy (non-hydrogen) atoms. The number of nitrogens with zero attached hydrogens (tertiary/aromatic N) is 1. The van der Waals surface area contributed by atoms with Gasteiger partial charge in [-0.2, -0.15) is 0 Å². The molecular weight excluding hydrogens is 344 g/mol. The van der Waals surface area contributed by atoms with Crippen molar-refractivity contribution in [3.63, 3.8) is 0 Å². The second-order valence-electron chi connectivity index (χ2n) is 5.33. The maximum Gasteiger partial charge on any atom is 0.249 e. The van der Waals surface area contributed by atoms with Crippen LogP contribution in [0.4, 0.5) is 10.1 Å². The standard InChI is InChI=1S/C15H19ClFN3O2.ClH/c1-2-3-12(18)14(21)19-13-6-7-20(15(13)22)9-4-5-10(16)11(17)8-9;/h4-5,8,12-13H,2-3,6-7,18H2,1H3,(H,19,21);1H. The number of rotatable bonds is 5. The number of hydrogen-bond acceptors (Lipinski definition) is 3. The van der Waals surface area contributed by atoms with Crippen molar-refractivity contribution < 1.29 is 14.0 Å². The Morgan fingerprint density at radius 2 is 2.26 bits per heavy atom. The molecule has 8 heteroatoms. The van der Waals surface area contributed by atoms with E-state index in [9.17, 15) is 14.0 Å². The lowest BCUT2D eigenvalue weighted by Crippen LogP contribution is -2.48. The maximum absolute atomic E-state index is 13.5. The summed E-state index contributed by atoms with van der Waals surface area (Å²) in [4.78, 5) is 25.7. The molecule has 0 radical (unpaired) electrons. The van der Waals surface area contributed by atoms with Gasteiger partial charge < -0.3 is 16.0 Å². The van der Waals surface area contributed by atoms with Crippen LogP contribution >= 0.6 is 24.0 Å². The van der Waals surface area contributed by atoms with Crippen molar-refractivity contribution in [1.82, 2.24) is 5.32 Å². The average Bonchev–Trinajstić information content (AvgIpc) is 2.83. The highest BCUT2D eigenvalue weighted by Gasteiger charge is 2.34. The van der Waals surface area contributed by atoms with E-state index in [1.807, 2.05) is 6.92 Å². The first-order chi connectivity index (χ1) is 10.4. The Labute approximate surface area is 145 Å². The molecule has 1 aromatic carbocycles. The van der Waals surface area contributed by atoms with Gasteiger partial charge >= 0.3 is 0 Å². The Kier molecular flexibility index (Phi) is 7.25. The molecular formula is C15H20Cl2FN3O2. The van der Waals surface area contributed by atoms with E-state index in [0.29, 0.717) is 25.1 Å². The average molecular weight is 364 g/mol. The van der Waals surface area contributed by atoms with E-state index in [4.69, 9.17) is 17.3 Å². The molecule has 1 aliphatic rings. The van der Waals surface area contributed by atoms with Crippen molar-refractivity contribution >= 4 is 41.5 Å². The summed E-state index contributed by atoms with van der Waals surface area (Å²) in [5.74, 6) is -1.17. The van der Waals surface area contributed by atoms with Gasteiger partial charge in [0.1, 0.15) is 11.9 Å². The zero-order chi connectivity index (χ0) is 16.3. The fourth-order valence-corrected chi connectivity index (χ4v) is 2.56. The molecule has 0 spiro atoms. The first kappa shape index (κ1) is 19.7. The van der Waals surface area contributed by atoms with Crippen LogP contribution in [-0.2, 0) is 9.59 Å². The van der Waals surface area contributed by atoms with E-state index in [0.717, 1.165) is 6.42 Å². The summed E-state index contributed by atoms with van der Waals surface area (Å²) in [5, 5.41) is 2.67. The van der Waals surface area contributed by atoms with Crippen molar-refractivity contribution in [2.75, 3.05) is 11.4 Å². The molecule has 1 saturated heterocycles. The fourth-order valence-electron chi connectivity index (χ4n) is 2.44. The summed E-state index contributed by atoms with van der Waals surface area (Å²) in [6.07, 6.45) is 1.83. The first-order valence-corrected chi connectivity index (χ1v) is 7.64. The van der Waals surface area contributed by atoms with E-state index < -0.39 is 17.9 Å². The molecule has 2 unspecified atom stereocenters. The number of anilines is 1. The van der Waals surface area contributed by atoms with Crippen LogP contribution < -0.4 is 16.0 Å². The Bertz CT molecular complexity index is 586. The summed E-state index contributed by atoms with van der Waals surface area (Å²) in [6, 6.07) is 2.97. The Morgan fingerprint density at radius 1 is 1.57 bits per heavy atom. The summed E-state index contributed by atoms with van der Waals surface area (Å²) >= 11 is 5.64. The largest absolute Gasteiger partial charge is 0.343 e. The molecule has 5 nitrogen and oxygen atoms in total. The molecule has 0 aliphatic carbocycles. The normalized spacial score (nSPS) is 18.5. The Balaban J connectivity index is 0.00000264. The number of halogens is 3. The van der Waals surface area contributed by atoms with Crippen LogP contribution in [0, 0.1) is 5.82 Å². The topological polar surface area (TPSA) is 75.4 Å². The zero-order valence-electron chi connectivity index (χ0n) is 12.7. The predicted molar refractivity (Wildman–Crippen MR) is 90.4 cm³/mol. The SMILES string of the molecule is CCCC(N)C(=O)NC1CCN(c2ccc(Cl)c(F)c2)C1=O.Cl. The molecule has 3 N–H and O–H groups in total. The highest BCUT2D eigenvalue weighted by atomic mass is 35.5. The summed E-state index contributed by atoms with van der Waals surface area (Å²) in [6.45, 7) is 2.35. The van der Waals surface area contributed by atoms with Gasteiger partial charge in [0.15, 0.2) is 0 Å². The molecule has 0 saturated carbocycles. The summed E-state index contributed by atoms with van der Waals surface area (Å²) in [5.41, 5.74) is 6.16. The minimum atomic E-state index is -0.617. The molecule has 1 aliphatic heterocycles. The van der Waals surface area contributed by atoms with E-state index in [1.165, 1.54) is 17.0 Å². The maximum atomic E-state index is 13.5. The predicted octanol–water partition coefficient (Wildman–Crippen LogP) is 2.25. The van der Waals surface area contributed by atoms with Crippen LogP contribution in [-0.4, -0.2) is 30.4 Å². The van der Waals surface area contributed by atoms with Gasteiger partial charge in [-0.3, -0.25) is 9.59 Å². The van der Waals surface area contributed by atoms with Crippen LogP contribution in [0.3, 0.4) is 0 Å². The molecule has 1 fully saturated rings. The van der Waals surface area contributed by atoms with Crippen molar-refractivity contribution in [3.05, 3.63) is 29.0 Å². The number of amides is 2. The van der Waals surface area contributed by atoms with E-state index in [1.54, 1.807) is 6.07 Å². The minimum Gasteiger partial charge on any atom is -0.343 e. The third-order valence-electron chi connectivity index (χ3n) is 3.67. The lowest BCUT2D eigenvalue weighted by molar-refractivity contribution is -0.127. The van der Waals surface area contributed by atoms with Gasteiger partial charge in [0.25, 0.3) is 0 Å². The van der Waals surface area contributed by atoms with E-state index in [-0.39, 0.29) is 29.2 Å². The van der Waals surface area contributed by atoms with Crippen molar-refractivity contribution in [2.24, 2.45) is 5.73 Å². The van der Waals surface area contributed by atoms with Gasteiger partial charge in [-0.05, 0) is 31.0 Å². The molecule has 2 amide bonds. The van der Waals surface area contributed by atoms with Crippen LogP contribution in [0.25, 0.3) is 0 Å². The molecule has 1 aromatic rings. The Morgan fingerprint density at radius 3 is 2.87 bits per heavy atom. The van der Waals surface area contributed by atoms with Gasteiger partial charge in [0, 0.05) is 12.2 Å². The zero-order valence-corrected chi connectivity index (χ0v) is 14.3. The number of carbonyl (C=O) groups is 2. The van der Waals surface area contributed by atoms with Crippen LogP contribution in [0.1, 0.15) is 26.2 Å². The number of nitrogens with one attached hydrogen (secondary N) is 1. The number of nitrogens with two attached hydrogens (primary N) is 1. The number of carbonyl (C=O) groups excluding carboxylic acids is 2.